The molecule has 0 aliphatic rings. The Hall–Kier alpha value is -1.58. The molecule has 0 atom stereocenters. The fourth-order valence-corrected chi connectivity index (χ4v) is 4.44. The molecule has 2 N–H and O–H groups in total. The predicted molar refractivity (Wildman–Crippen MR) is 74.3 cm³/mol. The second kappa shape index (κ2) is 5.08. The van der Waals surface area contributed by atoms with Gasteiger partial charge in [0.05, 0.1) is 17.2 Å². The van der Waals surface area contributed by atoms with Crippen LogP contribution in [-0.4, -0.2) is 38.5 Å². The van der Waals surface area contributed by atoms with Gasteiger partial charge in [-0.05, 0) is 6.92 Å². The summed E-state index contributed by atoms with van der Waals surface area (Å²) < 4.78 is 46.2. The summed E-state index contributed by atoms with van der Waals surface area (Å²) in [7, 11) is -7.72. The highest BCUT2D eigenvalue weighted by molar-refractivity contribution is 7.94. The average Bonchev–Trinajstić information content (AvgIpc) is 2.36. The molecule has 9 heteroatoms. The van der Waals surface area contributed by atoms with Crippen LogP contribution in [0.3, 0.4) is 0 Å². The van der Waals surface area contributed by atoms with E-state index in [1.807, 2.05) is 0 Å². The highest BCUT2D eigenvalue weighted by Crippen LogP contribution is 2.22. The first-order chi connectivity index (χ1) is 9.21. The van der Waals surface area contributed by atoms with Crippen molar-refractivity contribution in [1.29, 1.82) is 0 Å². The van der Waals surface area contributed by atoms with E-state index in [-0.39, 0.29) is 5.03 Å². The standard InChI is InChI=1S/C11H13N3O4S2/c1-8-9-4-2-3-5-10(9)11(14-13-8)19(15,16)6-7-20(12,17)18/h2-5H,6-7H2,1H3,(H2,12,17,18). The van der Waals surface area contributed by atoms with Gasteiger partial charge in [-0.1, -0.05) is 24.3 Å². The quantitative estimate of drug-likeness (QED) is 0.848. The van der Waals surface area contributed by atoms with Crippen LogP contribution in [0.15, 0.2) is 29.3 Å². The molecule has 7 nitrogen and oxygen atoms in total. The fourth-order valence-electron chi connectivity index (χ4n) is 1.77. The van der Waals surface area contributed by atoms with Crippen LogP contribution in [0.2, 0.25) is 0 Å². The third-order valence-corrected chi connectivity index (χ3v) is 5.43. The highest BCUT2D eigenvalue weighted by atomic mass is 32.2. The highest BCUT2D eigenvalue weighted by Gasteiger charge is 2.22. The molecule has 0 fully saturated rings. The van der Waals surface area contributed by atoms with E-state index in [1.54, 1.807) is 31.2 Å². The Morgan fingerprint density at radius 2 is 1.60 bits per heavy atom. The fraction of sp³-hybridized carbons (Fsp3) is 0.273. The van der Waals surface area contributed by atoms with Gasteiger partial charge in [0.2, 0.25) is 10.0 Å². The number of hydrogen-bond donors (Lipinski definition) is 1. The molecule has 1 aromatic heterocycles. The Kier molecular flexibility index (Phi) is 3.76. The maximum absolute atomic E-state index is 12.2. The summed E-state index contributed by atoms with van der Waals surface area (Å²) in [5.41, 5.74) is 0.603. The van der Waals surface area contributed by atoms with E-state index in [2.05, 4.69) is 10.2 Å². The first kappa shape index (κ1) is 14.8. The van der Waals surface area contributed by atoms with Gasteiger partial charge < -0.3 is 0 Å². The largest absolute Gasteiger partial charge is 0.229 e. The minimum absolute atomic E-state index is 0.220. The number of sulfone groups is 1. The van der Waals surface area contributed by atoms with E-state index < -0.39 is 31.4 Å². The van der Waals surface area contributed by atoms with E-state index in [0.717, 1.165) is 0 Å². The van der Waals surface area contributed by atoms with Crippen LogP contribution < -0.4 is 5.14 Å². The zero-order valence-corrected chi connectivity index (χ0v) is 12.3. The Labute approximate surface area is 116 Å². The van der Waals surface area contributed by atoms with E-state index >= 15 is 0 Å². The molecule has 1 heterocycles. The maximum atomic E-state index is 12.2. The van der Waals surface area contributed by atoms with Crippen LogP contribution in [0.5, 0.6) is 0 Å². The minimum atomic E-state index is -3.87. The molecular formula is C11H13N3O4S2. The van der Waals surface area contributed by atoms with E-state index in [1.165, 1.54) is 0 Å². The van der Waals surface area contributed by atoms with E-state index in [4.69, 9.17) is 5.14 Å². The Morgan fingerprint density at radius 1 is 1.00 bits per heavy atom. The lowest BCUT2D eigenvalue weighted by atomic mass is 10.1. The van der Waals surface area contributed by atoms with Crippen LogP contribution in [-0.2, 0) is 19.9 Å². The summed E-state index contributed by atoms with van der Waals surface area (Å²) in [4.78, 5) is 0. The topological polar surface area (TPSA) is 120 Å². The number of rotatable bonds is 4. The van der Waals surface area contributed by atoms with Crippen LogP contribution in [0, 0.1) is 6.92 Å². The summed E-state index contributed by atoms with van der Waals surface area (Å²) in [6.07, 6.45) is 0. The molecule has 0 aliphatic carbocycles. The van der Waals surface area contributed by atoms with Crippen molar-refractivity contribution in [3.05, 3.63) is 30.0 Å². The number of hydrogen-bond acceptors (Lipinski definition) is 6. The zero-order chi connectivity index (χ0) is 15.0. The van der Waals surface area contributed by atoms with Gasteiger partial charge in [0.25, 0.3) is 0 Å². The molecule has 2 aromatic rings. The summed E-state index contributed by atoms with van der Waals surface area (Å²) in [6, 6.07) is 6.79. The van der Waals surface area contributed by atoms with Crippen molar-refractivity contribution in [3.63, 3.8) is 0 Å². The van der Waals surface area contributed by atoms with Crippen molar-refractivity contribution in [2.24, 2.45) is 5.14 Å². The third-order valence-electron chi connectivity index (χ3n) is 2.77. The number of benzene rings is 1. The molecule has 0 radical (unpaired) electrons. The molecule has 0 saturated carbocycles. The molecular weight excluding hydrogens is 302 g/mol. The average molecular weight is 315 g/mol. The van der Waals surface area contributed by atoms with E-state index in [9.17, 15) is 16.8 Å². The van der Waals surface area contributed by atoms with Gasteiger partial charge in [-0.3, -0.25) is 0 Å². The smallest absolute Gasteiger partial charge is 0.210 e. The molecule has 0 unspecified atom stereocenters. The minimum Gasteiger partial charge on any atom is -0.229 e. The lowest BCUT2D eigenvalue weighted by Gasteiger charge is -2.07. The molecule has 1 aromatic carbocycles. The maximum Gasteiger partial charge on any atom is 0.210 e. The number of sulfonamides is 1. The second-order valence-corrected chi connectivity index (χ2v) is 8.08. The van der Waals surface area contributed by atoms with Crippen molar-refractivity contribution >= 4 is 30.6 Å². The van der Waals surface area contributed by atoms with Gasteiger partial charge in [0, 0.05) is 10.8 Å². The Bertz CT molecular complexity index is 860. The lowest BCUT2D eigenvalue weighted by molar-refractivity contribution is 0.585. The second-order valence-electron chi connectivity index (χ2n) is 4.32. The van der Waals surface area contributed by atoms with Crippen molar-refractivity contribution in [1.82, 2.24) is 10.2 Å². The zero-order valence-electron chi connectivity index (χ0n) is 10.6. The van der Waals surface area contributed by atoms with Crippen LogP contribution in [0.25, 0.3) is 10.8 Å². The monoisotopic (exact) mass is 315 g/mol. The van der Waals surface area contributed by atoms with E-state index in [0.29, 0.717) is 16.5 Å². The van der Waals surface area contributed by atoms with Crippen molar-refractivity contribution in [3.8, 4) is 0 Å². The SMILES string of the molecule is Cc1nnc(S(=O)(=O)CCS(N)(=O)=O)c2ccccc12. The summed E-state index contributed by atoms with van der Waals surface area (Å²) in [5, 5.41) is 13.2. The molecule has 0 aliphatic heterocycles. The summed E-state index contributed by atoms with van der Waals surface area (Å²) >= 11 is 0. The number of nitrogens with two attached hydrogens (primary N) is 1. The Balaban J connectivity index is 2.55. The van der Waals surface area contributed by atoms with Gasteiger partial charge in [0.1, 0.15) is 0 Å². The van der Waals surface area contributed by atoms with Crippen molar-refractivity contribution in [2.75, 3.05) is 11.5 Å². The van der Waals surface area contributed by atoms with Crippen molar-refractivity contribution < 1.29 is 16.8 Å². The van der Waals surface area contributed by atoms with Gasteiger partial charge in [0.15, 0.2) is 14.9 Å². The van der Waals surface area contributed by atoms with Crippen LogP contribution >= 0.6 is 0 Å². The summed E-state index contributed by atoms with van der Waals surface area (Å²) in [6.45, 7) is 1.72. The Morgan fingerprint density at radius 3 is 2.20 bits per heavy atom. The number of aromatic nitrogens is 2. The summed E-state index contributed by atoms with van der Waals surface area (Å²) in [5.74, 6) is -1.27. The molecule has 0 spiro atoms. The molecule has 108 valence electrons. The molecule has 0 bridgehead atoms. The molecule has 2 rings (SSSR count). The van der Waals surface area contributed by atoms with Crippen molar-refractivity contribution in [2.45, 2.75) is 11.9 Å². The molecule has 20 heavy (non-hydrogen) atoms. The number of aryl methyl sites for hydroxylation is 1. The first-order valence-electron chi connectivity index (χ1n) is 5.66. The van der Waals surface area contributed by atoms with Crippen LogP contribution in [0.1, 0.15) is 5.69 Å². The normalized spacial score (nSPS) is 12.7. The van der Waals surface area contributed by atoms with Crippen LogP contribution in [0.4, 0.5) is 0 Å². The molecule has 0 amide bonds. The number of primary sulfonamides is 1. The van der Waals surface area contributed by atoms with Gasteiger partial charge in [-0.25, -0.2) is 22.0 Å². The third kappa shape index (κ3) is 3.11. The van der Waals surface area contributed by atoms with Gasteiger partial charge in [-0.2, -0.15) is 5.10 Å². The van der Waals surface area contributed by atoms with Gasteiger partial charge in [-0.15, -0.1) is 5.10 Å². The number of nitrogens with zero attached hydrogens (tertiary/aromatic N) is 2. The first-order valence-corrected chi connectivity index (χ1v) is 9.03. The number of fused-ring (bicyclic) bond motifs is 1. The molecule has 0 saturated heterocycles. The lowest BCUT2D eigenvalue weighted by Crippen LogP contribution is -2.24. The van der Waals surface area contributed by atoms with Gasteiger partial charge >= 0.3 is 0 Å². The predicted octanol–water partition coefficient (Wildman–Crippen LogP) is 0.000420.